The van der Waals surface area contributed by atoms with Crippen molar-refractivity contribution in [3.8, 4) is 0 Å². The summed E-state index contributed by atoms with van der Waals surface area (Å²) in [6, 6.07) is 7.36. The molecule has 0 saturated heterocycles. The zero-order valence-corrected chi connectivity index (χ0v) is 12.3. The lowest BCUT2D eigenvalue weighted by Crippen LogP contribution is -2.12. The van der Waals surface area contributed by atoms with Gasteiger partial charge < -0.3 is 11.1 Å². The molecule has 0 aliphatic heterocycles. The van der Waals surface area contributed by atoms with Crippen LogP contribution in [0.25, 0.3) is 0 Å². The molecule has 1 aromatic heterocycles. The van der Waals surface area contributed by atoms with Crippen molar-refractivity contribution in [3.05, 3.63) is 44.6 Å². The average molecular weight is 325 g/mol. The van der Waals surface area contributed by atoms with E-state index in [1.54, 1.807) is 6.07 Å². The molecule has 1 aromatic carbocycles. The predicted octanol–water partition coefficient (Wildman–Crippen LogP) is 3.91. The minimum atomic E-state index is -0.0800. The first kappa shape index (κ1) is 13.1. The van der Waals surface area contributed by atoms with Crippen LogP contribution in [0.15, 0.2) is 34.1 Å². The summed E-state index contributed by atoms with van der Waals surface area (Å²) in [7, 11) is 0. The second kappa shape index (κ2) is 5.54. The van der Waals surface area contributed by atoms with E-state index in [1.165, 1.54) is 11.3 Å². The molecule has 94 valence electrons. The number of benzene rings is 1. The lowest BCUT2D eigenvalue weighted by molar-refractivity contribution is 0.103. The fraction of sp³-hybridized carbons (Fsp3) is 0.154. The van der Waals surface area contributed by atoms with Crippen molar-refractivity contribution in [2.45, 2.75) is 13.3 Å². The van der Waals surface area contributed by atoms with Gasteiger partial charge in [-0.3, -0.25) is 4.79 Å². The van der Waals surface area contributed by atoms with Gasteiger partial charge in [-0.2, -0.15) is 0 Å². The number of carbonyl (C=O) groups excluding carboxylic acids is 1. The summed E-state index contributed by atoms with van der Waals surface area (Å²) in [5, 5.41) is 4.79. The Morgan fingerprint density at radius 3 is 2.89 bits per heavy atom. The predicted molar refractivity (Wildman–Crippen MR) is 80.2 cm³/mol. The average Bonchev–Trinajstić information content (AvgIpc) is 2.82. The Morgan fingerprint density at radius 1 is 1.44 bits per heavy atom. The molecule has 18 heavy (non-hydrogen) atoms. The van der Waals surface area contributed by atoms with Gasteiger partial charge in [-0.05, 0) is 57.6 Å². The van der Waals surface area contributed by atoms with Crippen molar-refractivity contribution in [1.82, 2.24) is 0 Å². The highest BCUT2D eigenvalue weighted by Crippen LogP contribution is 2.24. The molecular formula is C13H13BrN2OS. The van der Waals surface area contributed by atoms with Gasteiger partial charge in [0.1, 0.15) is 0 Å². The van der Waals surface area contributed by atoms with Crippen molar-refractivity contribution < 1.29 is 4.79 Å². The summed E-state index contributed by atoms with van der Waals surface area (Å²) >= 11 is 4.78. The normalized spacial score (nSPS) is 10.3. The first-order valence-electron chi connectivity index (χ1n) is 5.54. The van der Waals surface area contributed by atoms with Crippen LogP contribution in [0.4, 0.5) is 11.4 Å². The number of carbonyl (C=O) groups is 1. The number of nitrogen functional groups attached to an aromatic ring is 1. The fourth-order valence-corrected chi connectivity index (χ4v) is 2.76. The largest absolute Gasteiger partial charge is 0.398 e. The molecule has 1 amide bonds. The molecule has 1 heterocycles. The summed E-state index contributed by atoms with van der Waals surface area (Å²) in [5.41, 5.74) is 8.16. The van der Waals surface area contributed by atoms with Crippen LogP contribution in [0.1, 0.15) is 22.2 Å². The number of aryl methyl sites for hydroxylation is 1. The van der Waals surface area contributed by atoms with Gasteiger partial charge in [0.15, 0.2) is 0 Å². The zero-order chi connectivity index (χ0) is 13.1. The molecular weight excluding hydrogens is 312 g/mol. The van der Waals surface area contributed by atoms with Crippen LogP contribution < -0.4 is 11.1 Å². The highest BCUT2D eigenvalue weighted by atomic mass is 79.9. The van der Waals surface area contributed by atoms with Gasteiger partial charge in [-0.1, -0.05) is 6.92 Å². The van der Waals surface area contributed by atoms with E-state index in [4.69, 9.17) is 5.73 Å². The maximum atomic E-state index is 12.1. The minimum absolute atomic E-state index is 0.0800. The monoisotopic (exact) mass is 324 g/mol. The van der Waals surface area contributed by atoms with E-state index in [1.807, 2.05) is 30.5 Å². The molecule has 3 N–H and O–H groups in total. The Morgan fingerprint density at radius 2 is 2.22 bits per heavy atom. The second-order valence-corrected chi connectivity index (χ2v) is 5.59. The third kappa shape index (κ3) is 2.73. The van der Waals surface area contributed by atoms with Crippen molar-refractivity contribution in [3.63, 3.8) is 0 Å². The second-order valence-electron chi connectivity index (χ2n) is 3.82. The molecule has 0 bridgehead atoms. The molecule has 0 aliphatic rings. The van der Waals surface area contributed by atoms with E-state index in [9.17, 15) is 4.79 Å². The van der Waals surface area contributed by atoms with Crippen molar-refractivity contribution in [2.24, 2.45) is 0 Å². The molecule has 0 spiro atoms. The lowest BCUT2D eigenvalue weighted by Gasteiger charge is -2.07. The van der Waals surface area contributed by atoms with Crippen LogP contribution in [0.3, 0.4) is 0 Å². The third-order valence-corrected chi connectivity index (χ3v) is 4.27. The first-order valence-corrected chi connectivity index (χ1v) is 7.21. The van der Waals surface area contributed by atoms with Crippen molar-refractivity contribution in [1.29, 1.82) is 0 Å². The number of nitrogens with one attached hydrogen (secondary N) is 1. The number of thiophene rings is 1. The van der Waals surface area contributed by atoms with Crippen LogP contribution in [0, 0.1) is 0 Å². The Balaban J connectivity index is 2.19. The van der Waals surface area contributed by atoms with Gasteiger partial charge in [-0.25, -0.2) is 0 Å². The van der Waals surface area contributed by atoms with Gasteiger partial charge in [-0.15, -0.1) is 11.3 Å². The molecule has 0 saturated carbocycles. The molecule has 3 nitrogen and oxygen atoms in total. The number of rotatable bonds is 3. The number of hydrogen-bond acceptors (Lipinski definition) is 3. The first-order chi connectivity index (χ1) is 8.61. The summed E-state index contributed by atoms with van der Waals surface area (Å²) in [4.78, 5) is 12.9. The molecule has 5 heteroatoms. The zero-order valence-electron chi connectivity index (χ0n) is 9.87. The smallest absolute Gasteiger partial charge is 0.266 e. The van der Waals surface area contributed by atoms with Crippen molar-refractivity contribution in [2.75, 3.05) is 11.1 Å². The number of amides is 1. The highest BCUT2D eigenvalue weighted by molar-refractivity contribution is 9.10. The third-order valence-electron chi connectivity index (χ3n) is 2.59. The molecule has 0 unspecified atom stereocenters. The number of hydrogen-bond donors (Lipinski definition) is 2. The minimum Gasteiger partial charge on any atom is -0.398 e. The van der Waals surface area contributed by atoms with Gasteiger partial charge in [0, 0.05) is 15.8 Å². The van der Waals surface area contributed by atoms with E-state index in [2.05, 4.69) is 21.2 Å². The fourth-order valence-electron chi connectivity index (χ4n) is 1.62. The Bertz CT molecular complexity index is 580. The van der Waals surface area contributed by atoms with Gasteiger partial charge in [0.2, 0.25) is 0 Å². The summed E-state index contributed by atoms with van der Waals surface area (Å²) in [5.74, 6) is -0.0800. The number of nitrogens with two attached hydrogens (primary N) is 1. The summed E-state index contributed by atoms with van der Waals surface area (Å²) in [6.45, 7) is 2.04. The SMILES string of the molecule is CCc1ccsc1C(=O)Nc1ccc(Br)c(N)c1. The Labute approximate surface area is 118 Å². The van der Waals surface area contributed by atoms with E-state index < -0.39 is 0 Å². The molecule has 2 aromatic rings. The molecule has 0 radical (unpaired) electrons. The topological polar surface area (TPSA) is 55.1 Å². The van der Waals surface area contributed by atoms with Gasteiger partial charge in [0.25, 0.3) is 5.91 Å². The summed E-state index contributed by atoms with van der Waals surface area (Å²) in [6.07, 6.45) is 0.856. The van der Waals surface area contributed by atoms with Crippen LogP contribution in [-0.2, 0) is 6.42 Å². The molecule has 0 atom stereocenters. The van der Waals surface area contributed by atoms with E-state index in [-0.39, 0.29) is 5.91 Å². The van der Waals surface area contributed by atoms with Gasteiger partial charge >= 0.3 is 0 Å². The van der Waals surface area contributed by atoms with Crippen LogP contribution in [0.5, 0.6) is 0 Å². The molecule has 2 rings (SSSR count). The quantitative estimate of drug-likeness (QED) is 0.841. The number of anilines is 2. The maximum absolute atomic E-state index is 12.1. The standard InChI is InChI=1S/C13H13BrN2OS/c1-2-8-5-6-18-12(8)13(17)16-9-3-4-10(14)11(15)7-9/h3-7H,2,15H2,1H3,(H,16,17). The van der Waals surface area contributed by atoms with Crippen LogP contribution >= 0.6 is 27.3 Å². The van der Waals surface area contributed by atoms with E-state index >= 15 is 0 Å². The van der Waals surface area contributed by atoms with Crippen molar-refractivity contribution >= 4 is 44.5 Å². The Hall–Kier alpha value is -1.33. The maximum Gasteiger partial charge on any atom is 0.266 e. The summed E-state index contributed by atoms with van der Waals surface area (Å²) < 4.78 is 0.825. The van der Waals surface area contributed by atoms with Gasteiger partial charge in [0.05, 0.1) is 4.88 Å². The molecule has 0 aliphatic carbocycles. The lowest BCUT2D eigenvalue weighted by atomic mass is 10.2. The van der Waals surface area contributed by atoms with E-state index in [0.29, 0.717) is 11.4 Å². The van der Waals surface area contributed by atoms with E-state index in [0.717, 1.165) is 21.3 Å². The van der Waals surface area contributed by atoms with Crippen LogP contribution in [0.2, 0.25) is 0 Å². The number of halogens is 1. The molecule has 0 fully saturated rings. The Kier molecular flexibility index (Phi) is 4.04. The highest BCUT2D eigenvalue weighted by Gasteiger charge is 2.12. The van der Waals surface area contributed by atoms with Crippen LogP contribution in [-0.4, -0.2) is 5.91 Å².